The Hall–Kier alpha value is -3.19. The molecule has 170 valence electrons. The van der Waals surface area contributed by atoms with Crippen LogP contribution in [0.5, 0.6) is 5.75 Å². The van der Waals surface area contributed by atoms with Gasteiger partial charge in [-0.15, -0.1) is 0 Å². The molecule has 2 unspecified atom stereocenters. The molecule has 3 aromatic rings. The Bertz CT molecular complexity index is 1160. The highest BCUT2D eigenvalue weighted by molar-refractivity contribution is 6.06. The predicted molar refractivity (Wildman–Crippen MR) is 124 cm³/mol. The summed E-state index contributed by atoms with van der Waals surface area (Å²) in [4.78, 5) is 22.5. The molecule has 33 heavy (non-hydrogen) atoms. The van der Waals surface area contributed by atoms with E-state index in [0.29, 0.717) is 41.9 Å². The van der Waals surface area contributed by atoms with Gasteiger partial charge in [0.25, 0.3) is 5.91 Å². The van der Waals surface area contributed by atoms with Crippen LogP contribution < -0.4 is 10.1 Å². The van der Waals surface area contributed by atoms with E-state index in [1.807, 2.05) is 30.5 Å². The molecule has 1 N–H and O–H groups in total. The number of hydrogen-bond acceptors (Lipinski definition) is 5. The van der Waals surface area contributed by atoms with Gasteiger partial charge in [0.1, 0.15) is 17.3 Å². The molecule has 0 saturated carbocycles. The highest BCUT2D eigenvalue weighted by Gasteiger charge is 2.36. The number of fused-ring (bicyclic) bond motifs is 7. The van der Waals surface area contributed by atoms with Crippen molar-refractivity contribution in [2.45, 2.75) is 63.2 Å². The zero-order valence-electron chi connectivity index (χ0n) is 18.6. The Morgan fingerprint density at radius 3 is 2.82 bits per heavy atom. The van der Waals surface area contributed by atoms with Crippen molar-refractivity contribution in [3.8, 4) is 17.3 Å². The second-order valence-electron chi connectivity index (χ2n) is 9.24. The molecule has 7 nitrogen and oxygen atoms in total. The molecule has 0 spiro atoms. The lowest BCUT2D eigenvalue weighted by atomic mass is 9.87. The zero-order chi connectivity index (χ0) is 22.2. The molecule has 4 bridgehead atoms. The fourth-order valence-electron chi connectivity index (χ4n) is 5.34. The molecule has 6 rings (SSSR count). The number of ether oxygens (including phenoxy) is 2. The predicted octanol–water partition coefficient (Wildman–Crippen LogP) is 4.80. The Kier molecular flexibility index (Phi) is 5.34. The number of aromatic nitrogens is 3. The Morgan fingerprint density at radius 2 is 1.94 bits per heavy atom. The SMILES string of the molecule is O=C1Nc2cccc(n2)-c2nccn2CCCCOc2ccc(C3CC4CCC(C3)O4)cc21. The summed E-state index contributed by atoms with van der Waals surface area (Å²) in [5, 5.41) is 2.98. The van der Waals surface area contributed by atoms with Crippen LogP contribution in [-0.2, 0) is 11.3 Å². The van der Waals surface area contributed by atoms with E-state index in [9.17, 15) is 4.79 Å². The summed E-state index contributed by atoms with van der Waals surface area (Å²) < 4.78 is 14.2. The van der Waals surface area contributed by atoms with Gasteiger partial charge in [-0.1, -0.05) is 12.1 Å². The van der Waals surface area contributed by atoms with Gasteiger partial charge in [-0.2, -0.15) is 0 Å². The summed E-state index contributed by atoms with van der Waals surface area (Å²) in [5.41, 5.74) is 2.51. The van der Waals surface area contributed by atoms with Gasteiger partial charge in [-0.25, -0.2) is 9.97 Å². The van der Waals surface area contributed by atoms with Crippen LogP contribution in [0.25, 0.3) is 11.5 Å². The monoisotopic (exact) mass is 444 g/mol. The summed E-state index contributed by atoms with van der Waals surface area (Å²) in [6.45, 7) is 1.41. The maximum atomic E-state index is 13.4. The van der Waals surface area contributed by atoms with Crippen molar-refractivity contribution < 1.29 is 14.3 Å². The lowest BCUT2D eigenvalue weighted by Gasteiger charge is -2.29. The van der Waals surface area contributed by atoms with Gasteiger partial charge < -0.3 is 19.4 Å². The average Bonchev–Trinajstić information content (AvgIpc) is 3.44. The van der Waals surface area contributed by atoms with Gasteiger partial charge in [-0.05, 0) is 74.3 Å². The molecule has 1 amide bonds. The highest BCUT2D eigenvalue weighted by atomic mass is 16.5. The van der Waals surface area contributed by atoms with Crippen LogP contribution in [0.1, 0.15) is 60.4 Å². The third-order valence-corrected chi connectivity index (χ3v) is 7.00. The number of nitrogens with one attached hydrogen (secondary N) is 1. The fourth-order valence-corrected chi connectivity index (χ4v) is 5.34. The van der Waals surface area contributed by atoms with Crippen LogP contribution >= 0.6 is 0 Å². The molecule has 5 heterocycles. The number of aryl methyl sites for hydroxylation is 1. The van der Waals surface area contributed by atoms with Crippen LogP contribution in [0.2, 0.25) is 0 Å². The number of rotatable bonds is 1. The first-order chi connectivity index (χ1) is 16.2. The van der Waals surface area contributed by atoms with Gasteiger partial charge in [0.2, 0.25) is 0 Å². The third-order valence-electron chi connectivity index (χ3n) is 7.00. The van der Waals surface area contributed by atoms with E-state index in [0.717, 1.165) is 56.6 Å². The minimum absolute atomic E-state index is 0.202. The summed E-state index contributed by atoms with van der Waals surface area (Å²) in [6.07, 6.45) is 10.6. The van der Waals surface area contributed by atoms with Crippen molar-refractivity contribution in [3.63, 3.8) is 0 Å². The quantitative estimate of drug-likeness (QED) is 0.584. The van der Waals surface area contributed by atoms with Crippen LogP contribution in [-0.4, -0.2) is 39.3 Å². The summed E-state index contributed by atoms with van der Waals surface area (Å²) >= 11 is 0. The van der Waals surface area contributed by atoms with Gasteiger partial charge >= 0.3 is 0 Å². The molecule has 7 heteroatoms. The fraction of sp³-hybridized carbons (Fsp3) is 0.423. The molecule has 3 aliphatic heterocycles. The molecule has 0 aliphatic carbocycles. The summed E-state index contributed by atoms with van der Waals surface area (Å²) in [6, 6.07) is 11.7. The van der Waals surface area contributed by atoms with Crippen molar-refractivity contribution in [2.24, 2.45) is 0 Å². The van der Waals surface area contributed by atoms with Crippen molar-refractivity contribution in [1.29, 1.82) is 0 Å². The van der Waals surface area contributed by atoms with E-state index in [1.165, 1.54) is 5.56 Å². The summed E-state index contributed by atoms with van der Waals surface area (Å²) in [5.74, 6) is 2.16. The largest absolute Gasteiger partial charge is 0.493 e. The molecular formula is C26H28N4O3. The molecule has 2 aromatic heterocycles. The van der Waals surface area contributed by atoms with Crippen molar-refractivity contribution in [2.75, 3.05) is 11.9 Å². The van der Waals surface area contributed by atoms with Crippen molar-refractivity contribution in [1.82, 2.24) is 14.5 Å². The number of anilines is 1. The average molecular weight is 445 g/mol. The molecule has 2 saturated heterocycles. The smallest absolute Gasteiger partial charge is 0.260 e. The number of hydrogen-bond donors (Lipinski definition) is 1. The van der Waals surface area contributed by atoms with E-state index in [-0.39, 0.29) is 5.91 Å². The first-order valence-corrected chi connectivity index (χ1v) is 11.9. The maximum absolute atomic E-state index is 13.4. The molecule has 2 fully saturated rings. The first-order valence-electron chi connectivity index (χ1n) is 11.9. The van der Waals surface area contributed by atoms with E-state index in [1.54, 1.807) is 12.3 Å². The molecular weight excluding hydrogens is 416 g/mol. The van der Waals surface area contributed by atoms with Crippen molar-refractivity contribution >= 4 is 11.7 Å². The number of carbonyl (C=O) groups is 1. The lowest BCUT2D eigenvalue weighted by molar-refractivity contribution is -0.00380. The Morgan fingerprint density at radius 1 is 1.06 bits per heavy atom. The minimum Gasteiger partial charge on any atom is -0.493 e. The van der Waals surface area contributed by atoms with E-state index in [4.69, 9.17) is 9.47 Å². The van der Waals surface area contributed by atoms with E-state index in [2.05, 4.69) is 25.9 Å². The number of imidazole rings is 1. The van der Waals surface area contributed by atoms with Crippen molar-refractivity contribution in [3.05, 3.63) is 59.9 Å². The van der Waals surface area contributed by atoms with Gasteiger partial charge in [0.05, 0.1) is 24.4 Å². The number of nitrogens with zero attached hydrogens (tertiary/aromatic N) is 3. The highest BCUT2D eigenvalue weighted by Crippen LogP contribution is 2.41. The lowest BCUT2D eigenvalue weighted by Crippen LogP contribution is -2.24. The minimum atomic E-state index is -0.202. The standard InChI is InChI=1S/C26H28N4O3/c31-26-21-16-17(18-14-19-7-8-20(15-18)33-19)6-9-23(21)32-13-2-1-11-30-12-10-27-25(30)22-4-3-5-24(28-22)29-26/h3-6,9-10,12,16,18-20H,1-2,7-8,11,13-15H2,(H,28,29,31). The molecule has 2 atom stereocenters. The van der Waals surface area contributed by atoms with E-state index < -0.39 is 0 Å². The second-order valence-corrected chi connectivity index (χ2v) is 9.24. The van der Waals surface area contributed by atoms with Gasteiger partial charge in [0, 0.05) is 18.9 Å². The molecule has 3 aliphatic rings. The normalized spacial score (nSPS) is 24.7. The van der Waals surface area contributed by atoms with Gasteiger partial charge in [0.15, 0.2) is 5.82 Å². The molecule has 0 radical (unpaired) electrons. The first kappa shape index (κ1) is 20.4. The van der Waals surface area contributed by atoms with Crippen LogP contribution in [0.15, 0.2) is 48.8 Å². The van der Waals surface area contributed by atoms with E-state index >= 15 is 0 Å². The molecule has 1 aromatic carbocycles. The van der Waals surface area contributed by atoms with Crippen LogP contribution in [0, 0.1) is 0 Å². The number of carbonyl (C=O) groups excluding carboxylic acids is 1. The number of amides is 1. The van der Waals surface area contributed by atoms with Crippen LogP contribution in [0.4, 0.5) is 5.82 Å². The Balaban J connectivity index is 1.33. The topological polar surface area (TPSA) is 78.3 Å². The number of benzene rings is 1. The number of pyridine rings is 1. The second kappa shape index (κ2) is 8.63. The summed E-state index contributed by atoms with van der Waals surface area (Å²) in [7, 11) is 0. The Labute approximate surface area is 193 Å². The maximum Gasteiger partial charge on any atom is 0.260 e. The zero-order valence-corrected chi connectivity index (χ0v) is 18.6. The van der Waals surface area contributed by atoms with Crippen LogP contribution in [0.3, 0.4) is 0 Å². The van der Waals surface area contributed by atoms with Gasteiger partial charge in [-0.3, -0.25) is 4.79 Å². The third kappa shape index (κ3) is 4.13.